The molecule has 0 bridgehead atoms. The summed E-state index contributed by atoms with van der Waals surface area (Å²) in [6.45, 7) is 2.70. The summed E-state index contributed by atoms with van der Waals surface area (Å²) in [5, 5.41) is 6.86. The van der Waals surface area contributed by atoms with E-state index in [-0.39, 0.29) is 24.8 Å². The molecule has 2 aliphatic rings. The zero-order chi connectivity index (χ0) is 15.8. The standard InChI is InChI=1S/C19H21N3O.2ClH/c1-12-19(20)22-17-8-13(6-7-18(17)23-12)11-21-16-9-14-4-2-3-5-15(14)10-16;;/h2-8,16,21-22H,9-11,20H2,1H3;2*1H. The summed E-state index contributed by atoms with van der Waals surface area (Å²) in [5.41, 5.74) is 11.0. The normalized spacial score (nSPS) is 15.2. The van der Waals surface area contributed by atoms with Crippen molar-refractivity contribution in [2.24, 2.45) is 5.73 Å². The fourth-order valence-electron chi connectivity index (χ4n) is 3.29. The van der Waals surface area contributed by atoms with E-state index in [0.717, 1.165) is 30.8 Å². The van der Waals surface area contributed by atoms with Gasteiger partial charge in [0, 0.05) is 12.6 Å². The van der Waals surface area contributed by atoms with Crippen LogP contribution in [0.4, 0.5) is 5.69 Å². The van der Waals surface area contributed by atoms with Crippen LogP contribution in [0.15, 0.2) is 54.0 Å². The molecule has 134 valence electrons. The molecule has 0 amide bonds. The number of ether oxygens (including phenoxy) is 1. The van der Waals surface area contributed by atoms with E-state index >= 15 is 0 Å². The van der Waals surface area contributed by atoms with Gasteiger partial charge in [0.2, 0.25) is 0 Å². The molecule has 0 saturated heterocycles. The molecule has 6 heteroatoms. The molecule has 0 atom stereocenters. The van der Waals surface area contributed by atoms with Crippen LogP contribution >= 0.6 is 24.8 Å². The quantitative estimate of drug-likeness (QED) is 0.759. The Morgan fingerprint density at radius 1 is 1.12 bits per heavy atom. The van der Waals surface area contributed by atoms with Gasteiger partial charge in [-0.05, 0) is 48.6 Å². The molecule has 0 fully saturated rings. The monoisotopic (exact) mass is 379 g/mol. The number of fused-ring (bicyclic) bond motifs is 2. The first-order valence-electron chi connectivity index (χ1n) is 8.03. The summed E-state index contributed by atoms with van der Waals surface area (Å²) in [4.78, 5) is 0. The molecule has 1 heterocycles. The number of anilines is 1. The van der Waals surface area contributed by atoms with Crippen LogP contribution in [0.2, 0.25) is 0 Å². The Kier molecular flexibility index (Phi) is 6.22. The van der Waals surface area contributed by atoms with Crippen LogP contribution in [0, 0.1) is 0 Å². The highest BCUT2D eigenvalue weighted by molar-refractivity contribution is 5.85. The maximum absolute atomic E-state index is 5.89. The van der Waals surface area contributed by atoms with E-state index in [1.165, 1.54) is 16.7 Å². The molecule has 0 radical (unpaired) electrons. The van der Waals surface area contributed by atoms with Gasteiger partial charge < -0.3 is 21.1 Å². The number of nitrogens with two attached hydrogens (primary N) is 1. The minimum Gasteiger partial charge on any atom is -0.456 e. The zero-order valence-electron chi connectivity index (χ0n) is 14.0. The van der Waals surface area contributed by atoms with Crippen molar-refractivity contribution in [3.8, 4) is 5.75 Å². The van der Waals surface area contributed by atoms with Gasteiger partial charge in [-0.3, -0.25) is 0 Å². The van der Waals surface area contributed by atoms with Crippen molar-refractivity contribution in [2.45, 2.75) is 32.4 Å². The third kappa shape index (κ3) is 4.03. The minimum absolute atomic E-state index is 0. The highest BCUT2D eigenvalue weighted by atomic mass is 35.5. The molecule has 4 rings (SSSR count). The second kappa shape index (κ2) is 8.00. The molecule has 1 aliphatic carbocycles. The molecule has 0 aromatic heterocycles. The number of halogens is 2. The summed E-state index contributed by atoms with van der Waals surface area (Å²) < 4.78 is 5.69. The van der Waals surface area contributed by atoms with Crippen molar-refractivity contribution in [1.82, 2.24) is 5.32 Å². The predicted molar refractivity (Wildman–Crippen MR) is 107 cm³/mol. The molecule has 0 spiro atoms. The summed E-state index contributed by atoms with van der Waals surface area (Å²) in [6, 6.07) is 15.4. The number of rotatable bonds is 3. The molecule has 0 unspecified atom stereocenters. The van der Waals surface area contributed by atoms with Crippen LogP contribution in [0.3, 0.4) is 0 Å². The minimum atomic E-state index is 0. The van der Waals surface area contributed by atoms with E-state index < -0.39 is 0 Å². The van der Waals surface area contributed by atoms with Gasteiger partial charge in [-0.15, -0.1) is 24.8 Å². The average molecular weight is 380 g/mol. The van der Waals surface area contributed by atoms with Gasteiger partial charge in [-0.1, -0.05) is 30.3 Å². The second-order valence-corrected chi connectivity index (χ2v) is 6.28. The number of nitrogens with one attached hydrogen (secondary N) is 2. The van der Waals surface area contributed by atoms with Crippen LogP contribution in [-0.2, 0) is 19.4 Å². The smallest absolute Gasteiger partial charge is 0.150 e. The highest BCUT2D eigenvalue weighted by Crippen LogP contribution is 2.32. The summed E-state index contributed by atoms with van der Waals surface area (Å²) in [6.07, 6.45) is 2.22. The third-order valence-corrected chi connectivity index (χ3v) is 4.60. The predicted octanol–water partition coefficient (Wildman–Crippen LogP) is 3.74. The van der Waals surface area contributed by atoms with Crippen molar-refractivity contribution in [3.63, 3.8) is 0 Å². The summed E-state index contributed by atoms with van der Waals surface area (Å²) >= 11 is 0. The SMILES string of the molecule is CC1=C(N)Nc2cc(CNC3Cc4ccccc4C3)ccc2O1.Cl.Cl. The lowest BCUT2D eigenvalue weighted by Gasteiger charge is -2.21. The van der Waals surface area contributed by atoms with Gasteiger partial charge in [-0.25, -0.2) is 0 Å². The van der Waals surface area contributed by atoms with E-state index in [4.69, 9.17) is 10.5 Å². The number of benzene rings is 2. The molecular formula is C19H23Cl2N3O. The van der Waals surface area contributed by atoms with Crippen LogP contribution in [0.25, 0.3) is 0 Å². The maximum atomic E-state index is 5.89. The summed E-state index contributed by atoms with van der Waals surface area (Å²) in [5.74, 6) is 2.12. The zero-order valence-corrected chi connectivity index (χ0v) is 15.7. The first-order valence-corrected chi connectivity index (χ1v) is 8.03. The topological polar surface area (TPSA) is 59.3 Å². The second-order valence-electron chi connectivity index (χ2n) is 6.28. The van der Waals surface area contributed by atoms with Crippen LogP contribution in [-0.4, -0.2) is 6.04 Å². The third-order valence-electron chi connectivity index (χ3n) is 4.60. The van der Waals surface area contributed by atoms with Crippen LogP contribution < -0.4 is 21.1 Å². The van der Waals surface area contributed by atoms with Gasteiger partial charge >= 0.3 is 0 Å². The van der Waals surface area contributed by atoms with Gasteiger partial charge in [0.1, 0.15) is 11.6 Å². The fourth-order valence-corrected chi connectivity index (χ4v) is 3.29. The van der Waals surface area contributed by atoms with Gasteiger partial charge in [-0.2, -0.15) is 0 Å². The molecular weight excluding hydrogens is 357 g/mol. The lowest BCUT2D eigenvalue weighted by molar-refractivity contribution is 0.415. The first-order chi connectivity index (χ1) is 11.2. The van der Waals surface area contributed by atoms with Gasteiger partial charge in [0.15, 0.2) is 5.75 Å². The lowest BCUT2D eigenvalue weighted by Crippen LogP contribution is -2.29. The molecule has 4 N–H and O–H groups in total. The Morgan fingerprint density at radius 2 is 1.80 bits per heavy atom. The van der Waals surface area contributed by atoms with Crippen molar-refractivity contribution >= 4 is 30.5 Å². The fraction of sp³-hybridized carbons (Fsp3) is 0.263. The highest BCUT2D eigenvalue weighted by Gasteiger charge is 2.20. The van der Waals surface area contributed by atoms with Crippen molar-refractivity contribution in [2.75, 3.05) is 5.32 Å². The lowest BCUT2D eigenvalue weighted by atomic mass is 10.1. The van der Waals surface area contributed by atoms with Crippen molar-refractivity contribution in [1.29, 1.82) is 0 Å². The number of hydrogen-bond donors (Lipinski definition) is 3. The average Bonchev–Trinajstić information content (AvgIpc) is 2.97. The first kappa shape index (κ1) is 19.4. The molecule has 0 saturated carbocycles. The number of hydrogen-bond acceptors (Lipinski definition) is 4. The van der Waals surface area contributed by atoms with E-state index in [9.17, 15) is 0 Å². The summed E-state index contributed by atoms with van der Waals surface area (Å²) in [7, 11) is 0. The van der Waals surface area contributed by atoms with Crippen molar-refractivity contribution in [3.05, 3.63) is 70.7 Å². The molecule has 4 nitrogen and oxygen atoms in total. The van der Waals surface area contributed by atoms with Gasteiger partial charge in [0.05, 0.1) is 5.69 Å². The largest absolute Gasteiger partial charge is 0.456 e. The molecule has 2 aromatic carbocycles. The molecule has 1 aliphatic heterocycles. The Bertz CT molecular complexity index is 767. The van der Waals surface area contributed by atoms with E-state index in [2.05, 4.69) is 47.0 Å². The van der Waals surface area contributed by atoms with Crippen molar-refractivity contribution < 1.29 is 4.74 Å². The Labute approximate surface area is 160 Å². The molecule has 2 aromatic rings. The van der Waals surface area contributed by atoms with E-state index in [1.54, 1.807) is 0 Å². The van der Waals surface area contributed by atoms with Crippen LogP contribution in [0.1, 0.15) is 23.6 Å². The van der Waals surface area contributed by atoms with E-state index in [1.807, 2.05) is 13.0 Å². The number of allylic oxidation sites excluding steroid dienone is 1. The van der Waals surface area contributed by atoms with Gasteiger partial charge in [0.25, 0.3) is 0 Å². The van der Waals surface area contributed by atoms with E-state index in [0.29, 0.717) is 17.6 Å². The Morgan fingerprint density at radius 3 is 2.48 bits per heavy atom. The Hall–Kier alpha value is -1.88. The Balaban J connectivity index is 0.00000113. The molecule has 25 heavy (non-hydrogen) atoms. The maximum Gasteiger partial charge on any atom is 0.150 e. The van der Waals surface area contributed by atoms with Crippen LogP contribution in [0.5, 0.6) is 5.75 Å².